The third kappa shape index (κ3) is 3.44. The number of esters is 1. The molecule has 7 heteroatoms. The van der Waals surface area contributed by atoms with Gasteiger partial charge in [-0.05, 0) is 55.2 Å². The number of carbonyl (C=O) groups excluding carboxylic acids is 2. The Morgan fingerprint density at radius 1 is 1.07 bits per heavy atom. The van der Waals surface area contributed by atoms with Crippen molar-refractivity contribution in [3.63, 3.8) is 0 Å². The van der Waals surface area contributed by atoms with Gasteiger partial charge in [0.1, 0.15) is 12.0 Å². The SMILES string of the molecule is CCOC(=O)C1(COc2c(-c3ccc4c(c3)CNC4=O)ccc(OC)c2OC)CC1. The molecular formula is C23H25NO6. The first-order valence-corrected chi connectivity index (χ1v) is 9.99. The number of rotatable bonds is 8. The Morgan fingerprint density at radius 2 is 1.83 bits per heavy atom. The molecule has 1 aliphatic heterocycles. The fraction of sp³-hybridized carbons (Fsp3) is 0.391. The first-order valence-electron chi connectivity index (χ1n) is 9.99. The number of hydrogen-bond acceptors (Lipinski definition) is 6. The fourth-order valence-electron chi connectivity index (χ4n) is 3.72. The summed E-state index contributed by atoms with van der Waals surface area (Å²) in [5.74, 6) is 1.21. The van der Waals surface area contributed by atoms with Crippen LogP contribution in [0.15, 0.2) is 30.3 Å². The molecule has 4 rings (SSSR count). The van der Waals surface area contributed by atoms with Gasteiger partial charge in [0.05, 0.1) is 20.8 Å². The molecule has 158 valence electrons. The van der Waals surface area contributed by atoms with E-state index in [-0.39, 0.29) is 18.5 Å². The van der Waals surface area contributed by atoms with Crippen molar-refractivity contribution in [2.24, 2.45) is 5.41 Å². The molecular weight excluding hydrogens is 386 g/mol. The molecule has 1 heterocycles. The third-order valence-corrected chi connectivity index (χ3v) is 5.66. The Hall–Kier alpha value is -3.22. The number of ether oxygens (including phenoxy) is 4. The smallest absolute Gasteiger partial charge is 0.315 e. The van der Waals surface area contributed by atoms with Crippen molar-refractivity contribution in [3.8, 4) is 28.4 Å². The summed E-state index contributed by atoms with van der Waals surface area (Å²) in [5, 5.41) is 2.83. The van der Waals surface area contributed by atoms with Gasteiger partial charge in [-0.3, -0.25) is 9.59 Å². The quantitative estimate of drug-likeness (QED) is 0.671. The van der Waals surface area contributed by atoms with Gasteiger partial charge in [-0.1, -0.05) is 6.07 Å². The lowest BCUT2D eigenvalue weighted by Gasteiger charge is -2.20. The molecule has 1 aliphatic carbocycles. The van der Waals surface area contributed by atoms with E-state index in [2.05, 4.69) is 5.32 Å². The molecule has 2 aromatic rings. The summed E-state index contributed by atoms with van der Waals surface area (Å²) in [7, 11) is 3.12. The van der Waals surface area contributed by atoms with Crippen molar-refractivity contribution in [2.45, 2.75) is 26.3 Å². The van der Waals surface area contributed by atoms with E-state index in [1.807, 2.05) is 30.3 Å². The summed E-state index contributed by atoms with van der Waals surface area (Å²) in [5.41, 5.74) is 2.70. The molecule has 0 bridgehead atoms. The molecule has 7 nitrogen and oxygen atoms in total. The Kier molecular flexibility index (Phi) is 5.28. The molecule has 0 aromatic heterocycles. The Bertz CT molecular complexity index is 995. The second-order valence-electron chi connectivity index (χ2n) is 7.52. The second kappa shape index (κ2) is 7.89. The first kappa shape index (κ1) is 20.1. The molecule has 1 N–H and O–H groups in total. The predicted molar refractivity (Wildman–Crippen MR) is 110 cm³/mol. The second-order valence-corrected chi connectivity index (χ2v) is 7.52. The highest BCUT2D eigenvalue weighted by Gasteiger charge is 2.52. The molecule has 2 aromatic carbocycles. The maximum atomic E-state index is 12.3. The average molecular weight is 411 g/mol. The standard InChI is InChI=1S/C23H25NO6/c1-4-29-22(26)23(9-10-23)13-30-19-16(7-8-18(27-2)20(19)28-3)14-5-6-17-15(11-14)12-24-21(17)25/h5-8,11H,4,9-10,12-13H2,1-3H3,(H,24,25). The summed E-state index contributed by atoms with van der Waals surface area (Å²) >= 11 is 0. The van der Waals surface area contributed by atoms with Gasteiger partial charge in [0.25, 0.3) is 5.91 Å². The number of fused-ring (bicyclic) bond motifs is 1. The van der Waals surface area contributed by atoms with Gasteiger partial charge in [0.2, 0.25) is 5.75 Å². The molecule has 1 fully saturated rings. The molecule has 2 aliphatic rings. The van der Waals surface area contributed by atoms with E-state index >= 15 is 0 Å². The lowest BCUT2D eigenvalue weighted by atomic mass is 9.99. The Balaban J connectivity index is 1.71. The lowest BCUT2D eigenvalue weighted by Crippen LogP contribution is -2.26. The van der Waals surface area contributed by atoms with Crippen molar-refractivity contribution in [2.75, 3.05) is 27.4 Å². The number of benzene rings is 2. The van der Waals surface area contributed by atoms with Crippen LogP contribution >= 0.6 is 0 Å². The lowest BCUT2D eigenvalue weighted by molar-refractivity contribution is -0.150. The van der Waals surface area contributed by atoms with Crippen LogP contribution in [0.3, 0.4) is 0 Å². The molecule has 1 amide bonds. The van der Waals surface area contributed by atoms with Crippen LogP contribution in [0.2, 0.25) is 0 Å². The first-order chi connectivity index (χ1) is 14.5. The van der Waals surface area contributed by atoms with Crippen LogP contribution in [-0.2, 0) is 16.1 Å². The van der Waals surface area contributed by atoms with Crippen LogP contribution in [-0.4, -0.2) is 39.3 Å². The molecule has 1 saturated carbocycles. The van der Waals surface area contributed by atoms with E-state index < -0.39 is 5.41 Å². The van der Waals surface area contributed by atoms with E-state index in [0.717, 1.165) is 29.5 Å². The minimum Gasteiger partial charge on any atom is -0.493 e. The number of methoxy groups -OCH3 is 2. The highest BCUT2D eigenvalue weighted by molar-refractivity contribution is 5.99. The minimum absolute atomic E-state index is 0.0644. The van der Waals surface area contributed by atoms with Gasteiger partial charge < -0.3 is 24.3 Å². The predicted octanol–water partition coefficient (Wildman–Crippen LogP) is 3.34. The highest BCUT2D eigenvalue weighted by Crippen LogP contribution is 2.50. The average Bonchev–Trinajstić information content (AvgIpc) is 3.48. The van der Waals surface area contributed by atoms with E-state index in [1.165, 1.54) is 0 Å². The number of carbonyl (C=O) groups is 2. The van der Waals surface area contributed by atoms with Gasteiger partial charge in [-0.15, -0.1) is 0 Å². The summed E-state index contributed by atoms with van der Waals surface area (Å²) in [6, 6.07) is 9.38. The summed E-state index contributed by atoms with van der Waals surface area (Å²) < 4.78 is 22.5. The van der Waals surface area contributed by atoms with Crippen LogP contribution in [0.1, 0.15) is 35.7 Å². The van der Waals surface area contributed by atoms with Crippen molar-refractivity contribution in [3.05, 3.63) is 41.5 Å². The van der Waals surface area contributed by atoms with Crippen LogP contribution in [0.25, 0.3) is 11.1 Å². The normalized spacial score (nSPS) is 15.8. The zero-order valence-corrected chi connectivity index (χ0v) is 17.4. The molecule has 0 unspecified atom stereocenters. The summed E-state index contributed by atoms with van der Waals surface area (Å²) in [6.07, 6.45) is 1.47. The van der Waals surface area contributed by atoms with Crippen LogP contribution in [0.4, 0.5) is 0 Å². The van der Waals surface area contributed by atoms with Crippen LogP contribution in [0, 0.1) is 5.41 Å². The van der Waals surface area contributed by atoms with Crippen molar-refractivity contribution in [1.29, 1.82) is 0 Å². The number of hydrogen-bond donors (Lipinski definition) is 1. The van der Waals surface area contributed by atoms with Crippen LogP contribution < -0.4 is 19.5 Å². The third-order valence-electron chi connectivity index (χ3n) is 5.66. The number of amides is 1. The van der Waals surface area contributed by atoms with Gasteiger partial charge in [-0.2, -0.15) is 0 Å². The Labute approximate surface area is 175 Å². The largest absolute Gasteiger partial charge is 0.493 e. The molecule has 0 atom stereocenters. The fourth-order valence-corrected chi connectivity index (χ4v) is 3.72. The highest BCUT2D eigenvalue weighted by atomic mass is 16.5. The Morgan fingerprint density at radius 3 is 2.50 bits per heavy atom. The monoisotopic (exact) mass is 411 g/mol. The molecule has 0 saturated heterocycles. The van der Waals surface area contributed by atoms with E-state index in [0.29, 0.717) is 36.0 Å². The minimum atomic E-state index is -0.602. The van der Waals surface area contributed by atoms with Gasteiger partial charge in [-0.25, -0.2) is 0 Å². The van der Waals surface area contributed by atoms with Crippen molar-refractivity contribution in [1.82, 2.24) is 5.32 Å². The van der Waals surface area contributed by atoms with Crippen molar-refractivity contribution < 1.29 is 28.5 Å². The number of nitrogens with one attached hydrogen (secondary N) is 1. The maximum Gasteiger partial charge on any atom is 0.315 e. The van der Waals surface area contributed by atoms with Gasteiger partial charge in [0.15, 0.2) is 11.5 Å². The molecule has 0 radical (unpaired) electrons. The maximum absolute atomic E-state index is 12.3. The van der Waals surface area contributed by atoms with Crippen LogP contribution in [0.5, 0.6) is 17.2 Å². The molecule has 30 heavy (non-hydrogen) atoms. The van der Waals surface area contributed by atoms with E-state index in [9.17, 15) is 9.59 Å². The molecule has 0 spiro atoms. The zero-order valence-electron chi connectivity index (χ0n) is 17.4. The topological polar surface area (TPSA) is 83.1 Å². The van der Waals surface area contributed by atoms with E-state index in [1.54, 1.807) is 21.1 Å². The van der Waals surface area contributed by atoms with Gasteiger partial charge in [0, 0.05) is 17.7 Å². The summed E-state index contributed by atoms with van der Waals surface area (Å²) in [4.78, 5) is 24.2. The van der Waals surface area contributed by atoms with E-state index in [4.69, 9.17) is 18.9 Å². The zero-order chi connectivity index (χ0) is 21.3. The van der Waals surface area contributed by atoms with Gasteiger partial charge >= 0.3 is 5.97 Å². The van der Waals surface area contributed by atoms with Crippen molar-refractivity contribution >= 4 is 11.9 Å². The summed E-state index contributed by atoms with van der Waals surface area (Å²) in [6.45, 7) is 2.84.